The van der Waals surface area contributed by atoms with Gasteiger partial charge in [-0.15, -0.1) is 0 Å². The fraction of sp³-hybridized carbons (Fsp3) is 0.242. The molecular formula is C33H31FN2O5S. The normalized spacial score (nSPS) is 14.9. The fourth-order valence-electron chi connectivity index (χ4n) is 4.75. The molecule has 0 aliphatic carbocycles. The molecule has 1 aliphatic rings. The third-order valence-corrected chi connectivity index (χ3v) is 7.55. The third-order valence-electron chi connectivity index (χ3n) is 6.57. The molecule has 1 aliphatic heterocycles. The number of hydrogen-bond acceptors (Lipinski definition) is 7. The van der Waals surface area contributed by atoms with Gasteiger partial charge < -0.3 is 14.2 Å². The number of carbonyl (C=O) groups excluding carboxylic acids is 1. The molecule has 0 bridgehead atoms. The Labute approximate surface area is 246 Å². The van der Waals surface area contributed by atoms with Crippen molar-refractivity contribution >= 4 is 23.4 Å². The van der Waals surface area contributed by atoms with Crippen LogP contribution in [0.5, 0.6) is 11.5 Å². The first kappa shape index (κ1) is 29.0. The van der Waals surface area contributed by atoms with Crippen LogP contribution >= 0.6 is 11.3 Å². The van der Waals surface area contributed by atoms with Gasteiger partial charge in [0.15, 0.2) is 4.80 Å². The van der Waals surface area contributed by atoms with Crippen molar-refractivity contribution in [2.24, 2.45) is 4.99 Å². The minimum atomic E-state index is -0.775. The van der Waals surface area contributed by atoms with Gasteiger partial charge in [0.25, 0.3) is 5.56 Å². The molecule has 7 nitrogen and oxygen atoms in total. The molecule has 0 unspecified atom stereocenters. The van der Waals surface area contributed by atoms with Gasteiger partial charge in [0.2, 0.25) is 0 Å². The molecule has 0 N–H and O–H groups in total. The predicted octanol–water partition coefficient (Wildman–Crippen LogP) is 5.30. The Morgan fingerprint density at radius 1 is 1.10 bits per heavy atom. The monoisotopic (exact) mass is 586 g/mol. The van der Waals surface area contributed by atoms with Crippen molar-refractivity contribution in [1.29, 1.82) is 0 Å². The maximum atomic E-state index is 14.0. The van der Waals surface area contributed by atoms with Crippen LogP contribution in [0.1, 0.15) is 50.4 Å². The average molecular weight is 587 g/mol. The zero-order valence-corrected chi connectivity index (χ0v) is 24.6. The van der Waals surface area contributed by atoms with Crippen molar-refractivity contribution in [3.8, 4) is 11.5 Å². The number of para-hydroxylation sites is 1. The van der Waals surface area contributed by atoms with Gasteiger partial charge in [-0.05, 0) is 75.2 Å². The number of hydrogen-bond donors (Lipinski definition) is 0. The van der Waals surface area contributed by atoms with E-state index in [4.69, 9.17) is 14.2 Å². The lowest BCUT2D eigenvalue weighted by molar-refractivity contribution is -0.139. The number of fused-ring (bicyclic) bond motifs is 1. The van der Waals surface area contributed by atoms with Crippen molar-refractivity contribution in [3.63, 3.8) is 0 Å². The topological polar surface area (TPSA) is 79.1 Å². The first-order chi connectivity index (χ1) is 20.2. The summed E-state index contributed by atoms with van der Waals surface area (Å²) in [5.41, 5.74) is 2.78. The first-order valence-electron chi connectivity index (χ1n) is 13.7. The van der Waals surface area contributed by atoms with Gasteiger partial charge in [-0.1, -0.05) is 53.8 Å². The number of ether oxygens (including phenoxy) is 3. The molecule has 4 aromatic rings. The van der Waals surface area contributed by atoms with E-state index < -0.39 is 12.0 Å². The summed E-state index contributed by atoms with van der Waals surface area (Å²) in [5.74, 6) is 0.363. The first-order valence-corrected chi connectivity index (χ1v) is 14.5. The molecule has 1 aromatic heterocycles. The number of carbonyl (C=O) groups is 1. The van der Waals surface area contributed by atoms with Crippen LogP contribution in [0.3, 0.4) is 0 Å². The average Bonchev–Trinajstić information content (AvgIpc) is 3.26. The van der Waals surface area contributed by atoms with Gasteiger partial charge in [-0.2, -0.15) is 0 Å². The van der Waals surface area contributed by atoms with Gasteiger partial charge in [0.1, 0.15) is 30.0 Å². The SMILES string of the molecule is CCOC(=O)C1=C(C)N=c2s/c(=C\c3cccc(OCc4ccc(F)cc4)c3)c(=O)n2[C@H]1c1ccccc1OC(C)C. The predicted molar refractivity (Wildman–Crippen MR) is 160 cm³/mol. The number of nitrogens with zero attached hydrogens (tertiary/aromatic N) is 2. The summed E-state index contributed by atoms with van der Waals surface area (Å²) >= 11 is 1.25. The summed E-state index contributed by atoms with van der Waals surface area (Å²) in [4.78, 5) is 32.4. The van der Waals surface area contributed by atoms with Crippen LogP contribution in [0, 0.1) is 5.82 Å². The maximum absolute atomic E-state index is 14.0. The molecule has 1 atom stereocenters. The van der Waals surface area contributed by atoms with E-state index in [1.165, 1.54) is 23.5 Å². The van der Waals surface area contributed by atoms with E-state index in [2.05, 4.69) is 4.99 Å². The van der Waals surface area contributed by atoms with Crippen molar-refractivity contribution in [1.82, 2.24) is 4.57 Å². The molecule has 0 saturated heterocycles. The van der Waals surface area contributed by atoms with E-state index in [9.17, 15) is 14.0 Å². The van der Waals surface area contributed by atoms with Crippen molar-refractivity contribution in [2.75, 3.05) is 6.61 Å². The lowest BCUT2D eigenvalue weighted by Gasteiger charge is -2.26. The van der Waals surface area contributed by atoms with Crippen LogP contribution in [-0.4, -0.2) is 23.2 Å². The molecule has 2 heterocycles. The number of esters is 1. The highest BCUT2D eigenvalue weighted by Crippen LogP contribution is 2.36. The summed E-state index contributed by atoms with van der Waals surface area (Å²) < 4.78 is 32.6. The van der Waals surface area contributed by atoms with Crippen molar-refractivity contribution < 1.29 is 23.4 Å². The summed E-state index contributed by atoms with van der Waals surface area (Å²) in [5, 5.41) is 0. The zero-order chi connectivity index (χ0) is 29.8. The Morgan fingerprint density at radius 3 is 2.60 bits per heavy atom. The van der Waals surface area contributed by atoms with E-state index in [0.29, 0.717) is 37.7 Å². The molecule has 0 amide bonds. The van der Waals surface area contributed by atoms with Gasteiger partial charge in [-0.3, -0.25) is 9.36 Å². The number of halogens is 1. The zero-order valence-electron chi connectivity index (χ0n) is 23.8. The van der Waals surface area contributed by atoms with Crippen LogP contribution in [0.15, 0.2) is 93.9 Å². The van der Waals surface area contributed by atoms with E-state index in [-0.39, 0.29) is 30.7 Å². The Balaban J connectivity index is 1.57. The minimum absolute atomic E-state index is 0.115. The van der Waals surface area contributed by atoms with Gasteiger partial charge >= 0.3 is 5.97 Å². The minimum Gasteiger partial charge on any atom is -0.491 e. The van der Waals surface area contributed by atoms with Crippen LogP contribution in [-0.2, 0) is 16.1 Å². The van der Waals surface area contributed by atoms with Crippen molar-refractivity contribution in [3.05, 3.63) is 126 Å². The third kappa shape index (κ3) is 6.21. The van der Waals surface area contributed by atoms with Gasteiger partial charge in [-0.25, -0.2) is 14.2 Å². The summed E-state index contributed by atoms with van der Waals surface area (Å²) in [7, 11) is 0. The second-order valence-corrected chi connectivity index (χ2v) is 11.0. The number of allylic oxidation sites excluding steroid dienone is 1. The lowest BCUT2D eigenvalue weighted by Crippen LogP contribution is -2.40. The van der Waals surface area contributed by atoms with Crippen molar-refractivity contribution in [2.45, 2.75) is 46.4 Å². The molecule has 0 fully saturated rings. The molecule has 216 valence electrons. The number of rotatable bonds is 9. The second-order valence-electron chi connectivity index (χ2n) is 9.99. The number of thiazole rings is 1. The maximum Gasteiger partial charge on any atom is 0.338 e. The smallest absolute Gasteiger partial charge is 0.338 e. The Morgan fingerprint density at radius 2 is 1.86 bits per heavy atom. The molecule has 0 radical (unpaired) electrons. The lowest BCUT2D eigenvalue weighted by atomic mass is 9.95. The van der Waals surface area contributed by atoms with E-state index >= 15 is 0 Å². The van der Waals surface area contributed by atoms with Gasteiger partial charge in [0.05, 0.1) is 28.5 Å². The van der Waals surface area contributed by atoms with Crippen LogP contribution in [0.4, 0.5) is 4.39 Å². The van der Waals surface area contributed by atoms with Crippen LogP contribution in [0.25, 0.3) is 6.08 Å². The van der Waals surface area contributed by atoms with E-state index in [1.54, 1.807) is 36.6 Å². The van der Waals surface area contributed by atoms with Crippen LogP contribution < -0.4 is 24.4 Å². The molecule has 0 spiro atoms. The molecule has 42 heavy (non-hydrogen) atoms. The summed E-state index contributed by atoms with van der Waals surface area (Å²) in [6.45, 7) is 7.81. The number of benzene rings is 3. The molecule has 3 aromatic carbocycles. The fourth-order valence-corrected chi connectivity index (χ4v) is 5.79. The Kier molecular flexibility index (Phi) is 8.68. The molecular weight excluding hydrogens is 555 g/mol. The quantitative estimate of drug-likeness (QED) is 0.249. The summed E-state index contributed by atoms with van der Waals surface area (Å²) in [6.07, 6.45) is 1.67. The molecule has 5 rings (SSSR count). The van der Waals surface area contributed by atoms with Gasteiger partial charge in [0, 0.05) is 5.56 Å². The largest absolute Gasteiger partial charge is 0.491 e. The van der Waals surface area contributed by atoms with E-state index in [1.807, 2.05) is 62.4 Å². The van der Waals surface area contributed by atoms with Crippen LogP contribution in [0.2, 0.25) is 0 Å². The molecule has 9 heteroatoms. The standard InChI is InChI=1S/C33H31FN2O5S/c1-5-39-32(38)29-21(4)35-33-36(30(29)26-11-6-7-12-27(26)41-20(2)3)31(37)28(42-33)18-23-9-8-10-25(17-23)40-19-22-13-15-24(34)16-14-22/h6-18,20,30H,5,19H2,1-4H3/b28-18-/t30-/m0/s1. The highest BCUT2D eigenvalue weighted by atomic mass is 32.1. The van der Waals surface area contributed by atoms with E-state index in [0.717, 1.165) is 11.1 Å². The Bertz CT molecular complexity index is 1820. The molecule has 0 saturated carbocycles. The highest BCUT2D eigenvalue weighted by Gasteiger charge is 2.35. The number of aromatic nitrogens is 1. The second kappa shape index (κ2) is 12.6. The summed E-state index contributed by atoms with van der Waals surface area (Å²) in [6, 6.07) is 20.1. The highest BCUT2D eigenvalue weighted by molar-refractivity contribution is 7.07. The Hall–Kier alpha value is -4.50.